The summed E-state index contributed by atoms with van der Waals surface area (Å²) in [7, 11) is 1.59. The molecule has 4 nitrogen and oxygen atoms in total. The van der Waals surface area contributed by atoms with Gasteiger partial charge < -0.3 is 14.6 Å². The molecule has 1 atom stereocenters. The Morgan fingerprint density at radius 1 is 1.20 bits per heavy atom. The van der Waals surface area contributed by atoms with Crippen molar-refractivity contribution in [3.8, 4) is 11.6 Å². The summed E-state index contributed by atoms with van der Waals surface area (Å²) in [6.45, 7) is 2.34. The number of rotatable bonds is 6. The zero-order valence-corrected chi connectivity index (χ0v) is 11.7. The highest BCUT2D eigenvalue weighted by molar-refractivity contribution is 5.30. The second-order valence-electron chi connectivity index (χ2n) is 4.45. The molecular weight excluding hydrogens is 254 g/mol. The molecule has 2 aromatic rings. The van der Waals surface area contributed by atoms with E-state index in [0.717, 1.165) is 16.9 Å². The zero-order valence-electron chi connectivity index (χ0n) is 11.7. The highest BCUT2D eigenvalue weighted by Gasteiger charge is 2.06. The summed E-state index contributed by atoms with van der Waals surface area (Å²) < 4.78 is 10.9. The van der Waals surface area contributed by atoms with Gasteiger partial charge in [-0.1, -0.05) is 19.1 Å². The number of methoxy groups -OCH3 is 1. The van der Waals surface area contributed by atoms with E-state index in [0.29, 0.717) is 18.9 Å². The molecule has 0 fully saturated rings. The van der Waals surface area contributed by atoms with Gasteiger partial charge in [0.25, 0.3) is 0 Å². The maximum Gasteiger partial charge on any atom is 0.219 e. The summed E-state index contributed by atoms with van der Waals surface area (Å²) in [5, 5.41) is 9.73. The Hall–Kier alpha value is -2.07. The van der Waals surface area contributed by atoms with Crippen LogP contribution in [0, 0.1) is 0 Å². The lowest BCUT2D eigenvalue weighted by molar-refractivity contribution is 0.173. The summed E-state index contributed by atoms with van der Waals surface area (Å²) in [4.78, 5) is 4.12. The van der Waals surface area contributed by atoms with Crippen LogP contribution in [0.1, 0.15) is 30.6 Å². The van der Waals surface area contributed by atoms with Gasteiger partial charge in [-0.3, -0.25) is 0 Å². The molecule has 0 saturated carbocycles. The maximum atomic E-state index is 9.73. The highest BCUT2D eigenvalue weighted by atomic mass is 16.5. The van der Waals surface area contributed by atoms with Crippen molar-refractivity contribution in [3.63, 3.8) is 0 Å². The summed E-state index contributed by atoms with van der Waals surface area (Å²) in [5.41, 5.74) is 1.80. The van der Waals surface area contributed by atoms with E-state index in [1.165, 1.54) is 0 Å². The summed E-state index contributed by atoms with van der Waals surface area (Å²) in [5.74, 6) is 1.33. The first-order valence-electron chi connectivity index (χ1n) is 6.63. The molecule has 4 heteroatoms. The minimum Gasteiger partial charge on any atom is -0.489 e. The van der Waals surface area contributed by atoms with Gasteiger partial charge in [0.1, 0.15) is 12.4 Å². The Morgan fingerprint density at radius 2 is 1.95 bits per heavy atom. The number of aliphatic hydroxyl groups excluding tert-OH is 1. The van der Waals surface area contributed by atoms with Crippen LogP contribution in [-0.2, 0) is 6.61 Å². The van der Waals surface area contributed by atoms with Gasteiger partial charge in [-0.15, -0.1) is 0 Å². The zero-order chi connectivity index (χ0) is 14.4. The smallest absolute Gasteiger partial charge is 0.219 e. The fourth-order valence-electron chi connectivity index (χ4n) is 1.90. The molecule has 0 unspecified atom stereocenters. The number of nitrogens with zero attached hydrogens (tertiary/aromatic N) is 1. The SMILES string of the molecule is CC[C@H](O)c1ccc(OCc2cccnc2OC)cc1. The van der Waals surface area contributed by atoms with E-state index in [1.807, 2.05) is 43.3 Å². The molecule has 1 heterocycles. The van der Waals surface area contributed by atoms with Crippen LogP contribution in [0.3, 0.4) is 0 Å². The quantitative estimate of drug-likeness (QED) is 0.878. The number of aromatic nitrogens is 1. The molecule has 0 radical (unpaired) electrons. The van der Waals surface area contributed by atoms with Gasteiger partial charge in [-0.25, -0.2) is 4.98 Å². The van der Waals surface area contributed by atoms with Gasteiger partial charge in [-0.2, -0.15) is 0 Å². The van der Waals surface area contributed by atoms with Gasteiger partial charge in [0.05, 0.1) is 18.8 Å². The van der Waals surface area contributed by atoms with E-state index in [9.17, 15) is 5.11 Å². The Bertz CT molecular complexity index is 540. The van der Waals surface area contributed by atoms with Crippen LogP contribution < -0.4 is 9.47 Å². The minimum absolute atomic E-state index is 0.396. The first-order chi connectivity index (χ1) is 9.74. The van der Waals surface area contributed by atoms with Gasteiger partial charge in [0, 0.05) is 6.20 Å². The molecule has 0 amide bonds. The van der Waals surface area contributed by atoms with E-state index in [1.54, 1.807) is 13.3 Å². The third-order valence-electron chi connectivity index (χ3n) is 3.09. The van der Waals surface area contributed by atoms with Crippen molar-refractivity contribution in [2.24, 2.45) is 0 Å². The predicted molar refractivity (Wildman–Crippen MR) is 76.8 cm³/mol. The van der Waals surface area contributed by atoms with Gasteiger partial charge in [-0.05, 0) is 36.2 Å². The molecule has 0 bridgehead atoms. The first-order valence-corrected chi connectivity index (χ1v) is 6.63. The van der Waals surface area contributed by atoms with Gasteiger partial charge in [0.2, 0.25) is 5.88 Å². The number of ether oxygens (including phenoxy) is 2. The topological polar surface area (TPSA) is 51.6 Å². The first kappa shape index (κ1) is 14.3. The molecule has 1 aromatic heterocycles. The number of hydrogen-bond donors (Lipinski definition) is 1. The number of pyridine rings is 1. The molecule has 0 aliphatic carbocycles. The van der Waals surface area contributed by atoms with Gasteiger partial charge >= 0.3 is 0 Å². The lowest BCUT2D eigenvalue weighted by Gasteiger charge is -2.11. The van der Waals surface area contributed by atoms with Crippen molar-refractivity contribution in [1.29, 1.82) is 0 Å². The average Bonchev–Trinajstić information content (AvgIpc) is 2.53. The molecular formula is C16H19NO3. The second-order valence-corrected chi connectivity index (χ2v) is 4.45. The molecule has 20 heavy (non-hydrogen) atoms. The standard InChI is InChI=1S/C16H19NO3/c1-3-15(18)12-6-8-14(9-7-12)20-11-13-5-4-10-17-16(13)19-2/h4-10,15,18H,3,11H2,1-2H3/t15-/m0/s1. The lowest BCUT2D eigenvalue weighted by Crippen LogP contribution is -2.00. The summed E-state index contributed by atoms with van der Waals surface area (Å²) in [6.07, 6.45) is 1.97. The Morgan fingerprint density at radius 3 is 2.60 bits per heavy atom. The Kier molecular flexibility index (Phi) is 4.96. The van der Waals surface area contributed by atoms with Crippen molar-refractivity contribution < 1.29 is 14.6 Å². The van der Waals surface area contributed by atoms with Crippen molar-refractivity contribution >= 4 is 0 Å². The van der Waals surface area contributed by atoms with Crippen molar-refractivity contribution in [1.82, 2.24) is 4.98 Å². The monoisotopic (exact) mass is 273 g/mol. The second kappa shape index (κ2) is 6.91. The van der Waals surface area contributed by atoms with Crippen LogP contribution in [0.4, 0.5) is 0 Å². The fourth-order valence-corrected chi connectivity index (χ4v) is 1.90. The normalized spacial score (nSPS) is 11.9. The van der Waals surface area contributed by atoms with Crippen molar-refractivity contribution in [2.45, 2.75) is 26.1 Å². The minimum atomic E-state index is -0.414. The molecule has 0 saturated heterocycles. The average molecular weight is 273 g/mol. The summed E-state index contributed by atoms with van der Waals surface area (Å²) >= 11 is 0. The van der Waals surface area contributed by atoms with E-state index in [2.05, 4.69) is 4.98 Å². The number of aliphatic hydroxyl groups is 1. The van der Waals surface area contributed by atoms with Gasteiger partial charge in [0.15, 0.2) is 0 Å². The predicted octanol–water partition coefficient (Wildman–Crippen LogP) is 3.11. The Labute approximate surface area is 119 Å². The lowest BCUT2D eigenvalue weighted by atomic mass is 10.1. The third kappa shape index (κ3) is 3.48. The maximum absolute atomic E-state index is 9.73. The van der Waals surface area contributed by atoms with Crippen LogP contribution in [0.25, 0.3) is 0 Å². The molecule has 0 aliphatic heterocycles. The van der Waals surface area contributed by atoms with Crippen molar-refractivity contribution in [2.75, 3.05) is 7.11 Å². The van der Waals surface area contributed by atoms with Crippen LogP contribution in [0.5, 0.6) is 11.6 Å². The van der Waals surface area contributed by atoms with E-state index < -0.39 is 6.10 Å². The molecule has 2 rings (SSSR count). The molecule has 1 aromatic carbocycles. The molecule has 0 spiro atoms. The largest absolute Gasteiger partial charge is 0.489 e. The Balaban J connectivity index is 2.00. The number of benzene rings is 1. The number of hydrogen-bond acceptors (Lipinski definition) is 4. The van der Waals surface area contributed by atoms with Crippen LogP contribution in [0.2, 0.25) is 0 Å². The molecule has 0 aliphatic rings. The molecule has 1 N–H and O–H groups in total. The third-order valence-corrected chi connectivity index (χ3v) is 3.09. The van der Waals surface area contributed by atoms with E-state index in [-0.39, 0.29) is 0 Å². The van der Waals surface area contributed by atoms with Crippen LogP contribution >= 0.6 is 0 Å². The summed E-state index contributed by atoms with van der Waals surface area (Å²) in [6, 6.07) is 11.2. The van der Waals surface area contributed by atoms with Crippen LogP contribution in [0.15, 0.2) is 42.6 Å². The fraction of sp³-hybridized carbons (Fsp3) is 0.312. The van der Waals surface area contributed by atoms with Crippen LogP contribution in [-0.4, -0.2) is 17.2 Å². The molecule has 106 valence electrons. The van der Waals surface area contributed by atoms with E-state index >= 15 is 0 Å². The highest BCUT2D eigenvalue weighted by Crippen LogP contribution is 2.21. The van der Waals surface area contributed by atoms with Crippen molar-refractivity contribution in [3.05, 3.63) is 53.7 Å². The van der Waals surface area contributed by atoms with E-state index in [4.69, 9.17) is 9.47 Å².